The molecule has 0 atom stereocenters. The zero-order valence-electron chi connectivity index (χ0n) is 10.8. The van der Waals surface area contributed by atoms with Crippen LogP contribution in [0, 0.1) is 0 Å². The Balaban J connectivity index is 1.89. The van der Waals surface area contributed by atoms with E-state index >= 15 is 0 Å². The quantitative estimate of drug-likeness (QED) is 0.848. The van der Waals surface area contributed by atoms with Crippen molar-refractivity contribution in [1.82, 2.24) is 9.55 Å². The van der Waals surface area contributed by atoms with Gasteiger partial charge in [0.25, 0.3) is 0 Å². The summed E-state index contributed by atoms with van der Waals surface area (Å²) in [6.45, 7) is 0.852. The second kappa shape index (κ2) is 5.10. The minimum Gasteiger partial charge on any atom is -0.501 e. The molecule has 2 heterocycles. The molecule has 3 rings (SSSR count). The van der Waals surface area contributed by atoms with Crippen molar-refractivity contribution in [3.05, 3.63) is 53.0 Å². The molecule has 0 saturated heterocycles. The van der Waals surface area contributed by atoms with Crippen LogP contribution in [-0.2, 0) is 11.3 Å². The molecule has 0 fully saturated rings. The number of methoxy groups -OCH3 is 1. The highest BCUT2D eigenvalue weighted by atomic mass is 35.5. The average Bonchev–Trinajstić information content (AvgIpc) is 2.84. The van der Waals surface area contributed by atoms with Crippen LogP contribution in [0.4, 0.5) is 0 Å². The lowest BCUT2D eigenvalue weighted by Crippen LogP contribution is -2.04. The van der Waals surface area contributed by atoms with Gasteiger partial charge < -0.3 is 9.30 Å². The lowest BCUT2D eigenvalue weighted by Gasteiger charge is -2.14. The molecule has 3 nitrogen and oxygen atoms in total. The molecule has 0 aromatic carbocycles. The molecular weight excluding hydrogens is 260 g/mol. The van der Waals surface area contributed by atoms with Crippen molar-refractivity contribution < 1.29 is 4.74 Å². The number of nitrogens with zero attached hydrogens (tertiary/aromatic N) is 2. The number of hydrogen-bond donors (Lipinski definition) is 0. The Kier molecular flexibility index (Phi) is 3.30. The van der Waals surface area contributed by atoms with Crippen LogP contribution in [0.2, 0.25) is 5.02 Å². The van der Waals surface area contributed by atoms with E-state index < -0.39 is 0 Å². The summed E-state index contributed by atoms with van der Waals surface area (Å²) >= 11 is 6.16. The maximum absolute atomic E-state index is 6.16. The Labute approximate surface area is 117 Å². The van der Waals surface area contributed by atoms with E-state index in [4.69, 9.17) is 16.3 Å². The number of halogens is 1. The number of rotatable bonds is 3. The fourth-order valence-corrected chi connectivity index (χ4v) is 2.57. The number of ether oxygens (including phenoxy) is 1. The molecule has 0 amide bonds. The third kappa shape index (κ3) is 2.38. The van der Waals surface area contributed by atoms with Gasteiger partial charge >= 0.3 is 0 Å². The number of aromatic nitrogens is 2. The van der Waals surface area contributed by atoms with Crippen LogP contribution in [0.15, 0.2) is 48.0 Å². The van der Waals surface area contributed by atoms with Gasteiger partial charge in [-0.2, -0.15) is 0 Å². The van der Waals surface area contributed by atoms with Gasteiger partial charge in [0.2, 0.25) is 0 Å². The van der Waals surface area contributed by atoms with Crippen molar-refractivity contribution in [2.24, 2.45) is 0 Å². The maximum atomic E-state index is 6.16. The zero-order valence-corrected chi connectivity index (χ0v) is 11.5. The molecule has 2 aromatic heterocycles. The Morgan fingerprint density at radius 2 is 2.21 bits per heavy atom. The van der Waals surface area contributed by atoms with E-state index in [0.717, 1.165) is 41.2 Å². The van der Waals surface area contributed by atoms with Crippen LogP contribution < -0.4 is 0 Å². The first-order valence-electron chi connectivity index (χ1n) is 6.30. The van der Waals surface area contributed by atoms with Gasteiger partial charge in [-0.05, 0) is 30.2 Å². The van der Waals surface area contributed by atoms with Gasteiger partial charge in [0, 0.05) is 30.7 Å². The Morgan fingerprint density at radius 1 is 1.32 bits per heavy atom. The molecule has 0 aliphatic heterocycles. The molecule has 0 spiro atoms. The maximum Gasteiger partial charge on any atom is 0.141 e. The minimum absolute atomic E-state index is 0.753. The van der Waals surface area contributed by atoms with Crippen LogP contribution in [0.3, 0.4) is 0 Å². The molecule has 2 aromatic rings. The lowest BCUT2D eigenvalue weighted by molar-refractivity contribution is 0.275. The second-order valence-electron chi connectivity index (χ2n) is 4.64. The van der Waals surface area contributed by atoms with Gasteiger partial charge in [0.15, 0.2) is 0 Å². The number of fused-ring (bicyclic) bond motifs is 1. The topological polar surface area (TPSA) is 27.1 Å². The minimum atomic E-state index is 0.753. The highest BCUT2D eigenvalue weighted by Gasteiger charge is 2.10. The fourth-order valence-electron chi connectivity index (χ4n) is 2.37. The summed E-state index contributed by atoms with van der Waals surface area (Å²) < 4.78 is 7.38. The van der Waals surface area contributed by atoms with Gasteiger partial charge in [0.05, 0.1) is 17.9 Å². The van der Waals surface area contributed by atoms with Crippen LogP contribution >= 0.6 is 11.6 Å². The monoisotopic (exact) mass is 274 g/mol. The SMILES string of the molecule is COC1=CC=C(Cn2ccc3c(Cl)ccnc32)CC1. The Hall–Kier alpha value is -1.74. The predicted octanol–water partition coefficient (Wildman–Crippen LogP) is 3.94. The summed E-state index contributed by atoms with van der Waals surface area (Å²) in [6.07, 6.45) is 9.97. The first kappa shape index (κ1) is 12.3. The number of allylic oxidation sites excluding steroid dienone is 4. The lowest BCUT2D eigenvalue weighted by atomic mass is 10.0. The first-order valence-corrected chi connectivity index (χ1v) is 6.67. The summed E-state index contributed by atoms with van der Waals surface area (Å²) in [5, 5.41) is 1.76. The predicted molar refractivity (Wildman–Crippen MR) is 77.2 cm³/mol. The molecule has 98 valence electrons. The van der Waals surface area contributed by atoms with Crippen LogP contribution in [0.1, 0.15) is 12.8 Å². The van der Waals surface area contributed by atoms with E-state index in [1.54, 1.807) is 13.3 Å². The summed E-state index contributed by atoms with van der Waals surface area (Å²) in [5.41, 5.74) is 2.31. The van der Waals surface area contributed by atoms with Crippen molar-refractivity contribution in [3.8, 4) is 0 Å². The number of hydrogen-bond acceptors (Lipinski definition) is 2. The highest BCUT2D eigenvalue weighted by Crippen LogP contribution is 2.25. The van der Waals surface area contributed by atoms with Crippen molar-refractivity contribution >= 4 is 22.6 Å². The molecule has 0 N–H and O–H groups in total. The molecule has 0 unspecified atom stereocenters. The van der Waals surface area contributed by atoms with E-state index in [1.807, 2.05) is 24.4 Å². The molecule has 0 saturated carbocycles. The summed E-state index contributed by atoms with van der Waals surface area (Å²) in [4.78, 5) is 4.41. The summed E-state index contributed by atoms with van der Waals surface area (Å²) in [6, 6.07) is 3.84. The number of pyridine rings is 1. The van der Waals surface area contributed by atoms with Gasteiger partial charge in [0.1, 0.15) is 5.65 Å². The zero-order chi connectivity index (χ0) is 13.2. The van der Waals surface area contributed by atoms with Gasteiger partial charge in [-0.1, -0.05) is 17.7 Å². The highest BCUT2D eigenvalue weighted by molar-refractivity contribution is 6.35. The van der Waals surface area contributed by atoms with E-state index in [-0.39, 0.29) is 0 Å². The fraction of sp³-hybridized carbons (Fsp3) is 0.267. The van der Waals surface area contributed by atoms with Crippen molar-refractivity contribution in [2.45, 2.75) is 19.4 Å². The van der Waals surface area contributed by atoms with Gasteiger partial charge in [-0.15, -0.1) is 0 Å². The van der Waals surface area contributed by atoms with Crippen molar-refractivity contribution in [2.75, 3.05) is 7.11 Å². The standard InChI is InChI=1S/C15H15ClN2O/c1-19-12-4-2-11(3-5-12)10-18-9-7-13-14(16)6-8-17-15(13)18/h2,4,6-9H,3,5,10H2,1H3. The Morgan fingerprint density at radius 3 is 2.95 bits per heavy atom. The molecule has 0 radical (unpaired) electrons. The van der Waals surface area contributed by atoms with E-state index in [0.29, 0.717) is 0 Å². The molecule has 19 heavy (non-hydrogen) atoms. The molecule has 1 aliphatic rings. The molecule has 0 bridgehead atoms. The molecule has 1 aliphatic carbocycles. The second-order valence-corrected chi connectivity index (χ2v) is 5.04. The first-order chi connectivity index (χ1) is 9.28. The average molecular weight is 275 g/mol. The van der Waals surface area contributed by atoms with Crippen molar-refractivity contribution in [1.29, 1.82) is 0 Å². The van der Waals surface area contributed by atoms with Crippen LogP contribution in [0.25, 0.3) is 11.0 Å². The summed E-state index contributed by atoms with van der Waals surface area (Å²) in [5.74, 6) is 1.04. The van der Waals surface area contributed by atoms with E-state index in [1.165, 1.54) is 5.57 Å². The molecule has 4 heteroatoms. The van der Waals surface area contributed by atoms with E-state index in [2.05, 4.69) is 15.6 Å². The third-order valence-electron chi connectivity index (χ3n) is 3.44. The van der Waals surface area contributed by atoms with Gasteiger partial charge in [-0.3, -0.25) is 0 Å². The third-order valence-corrected chi connectivity index (χ3v) is 3.77. The summed E-state index contributed by atoms with van der Waals surface area (Å²) in [7, 11) is 1.72. The van der Waals surface area contributed by atoms with Gasteiger partial charge in [-0.25, -0.2) is 4.98 Å². The largest absolute Gasteiger partial charge is 0.501 e. The normalized spacial score (nSPS) is 15.3. The van der Waals surface area contributed by atoms with Crippen molar-refractivity contribution in [3.63, 3.8) is 0 Å². The van der Waals surface area contributed by atoms with E-state index in [9.17, 15) is 0 Å². The molecular formula is C15H15ClN2O. The van der Waals surface area contributed by atoms with Crippen LogP contribution in [-0.4, -0.2) is 16.7 Å². The smallest absolute Gasteiger partial charge is 0.141 e. The Bertz CT molecular complexity index is 670. The van der Waals surface area contributed by atoms with Crippen LogP contribution in [0.5, 0.6) is 0 Å².